The molecule has 5 N–H and O–H groups in total. The van der Waals surface area contributed by atoms with E-state index < -0.39 is 38.6 Å². The van der Waals surface area contributed by atoms with E-state index in [0.717, 1.165) is 17.8 Å². The van der Waals surface area contributed by atoms with E-state index in [1.807, 2.05) is 30.3 Å². The molecule has 2 heterocycles. The molecule has 0 fully saturated rings. The number of fused-ring (bicyclic) bond motifs is 1. The summed E-state index contributed by atoms with van der Waals surface area (Å²) in [6.45, 7) is 1.53. The molecule has 0 amide bonds. The predicted molar refractivity (Wildman–Crippen MR) is 122 cm³/mol. The predicted octanol–water partition coefficient (Wildman–Crippen LogP) is 4.41. The normalized spacial score (nSPS) is 13.7. The monoisotopic (exact) mass is 472 g/mol. The van der Waals surface area contributed by atoms with Gasteiger partial charge < -0.3 is 15.4 Å². The van der Waals surface area contributed by atoms with E-state index in [0.29, 0.717) is 16.7 Å². The summed E-state index contributed by atoms with van der Waals surface area (Å²) in [5.74, 6) is -2.15. The van der Waals surface area contributed by atoms with Crippen LogP contribution < -0.4 is 10.5 Å². The average molecular weight is 473 g/mol. The highest BCUT2D eigenvalue weighted by Crippen LogP contribution is 2.36. The van der Waals surface area contributed by atoms with E-state index in [2.05, 4.69) is 15.3 Å². The summed E-state index contributed by atoms with van der Waals surface area (Å²) < 4.78 is 53.9. The number of hydrogen-bond acceptors (Lipinski definition) is 5. The number of halogens is 2. The number of anilines is 2. The fourth-order valence-corrected chi connectivity index (χ4v) is 4.88. The number of nitrogens with two attached hydrogens (primary N) is 1. The van der Waals surface area contributed by atoms with Crippen molar-refractivity contribution in [3.05, 3.63) is 89.2 Å². The first-order valence-electron chi connectivity index (χ1n) is 10.2. The number of aromatic amines is 1. The molecule has 0 aliphatic carbocycles. The van der Waals surface area contributed by atoms with Gasteiger partial charge in [0, 0.05) is 28.4 Å². The van der Waals surface area contributed by atoms with Crippen LogP contribution in [0.5, 0.6) is 0 Å². The number of aliphatic hydroxyl groups excluding tert-OH is 1. The van der Waals surface area contributed by atoms with Crippen LogP contribution >= 0.6 is 0 Å². The molecule has 10 heteroatoms. The van der Waals surface area contributed by atoms with Crippen molar-refractivity contribution >= 4 is 32.4 Å². The van der Waals surface area contributed by atoms with Crippen molar-refractivity contribution in [1.29, 1.82) is 0 Å². The number of nitrogens with one attached hydrogen (secondary N) is 2. The molecule has 2 aromatic carbocycles. The fourth-order valence-electron chi connectivity index (χ4n) is 3.88. The van der Waals surface area contributed by atoms with Gasteiger partial charge >= 0.3 is 0 Å². The summed E-state index contributed by atoms with van der Waals surface area (Å²) in [6, 6.07) is 13.0. The number of sulfonamides is 1. The fraction of sp³-hybridized carbons (Fsp3) is 0.174. The van der Waals surface area contributed by atoms with Crippen molar-refractivity contribution in [1.82, 2.24) is 9.97 Å². The Bertz CT molecular complexity index is 1410. The molecule has 0 saturated heterocycles. The minimum atomic E-state index is -4.14. The number of hydrogen-bond donors (Lipinski definition) is 4. The summed E-state index contributed by atoms with van der Waals surface area (Å²) in [4.78, 5) is 7.18. The number of benzene rings is 2. The molecule has 0 bridgehead atoms. The molecule has 2 aromatic heterocycles. The Labute approximate surface area is 189 Å². The molecule has 4 aromatic rings. The standard InChI is InChI=1S/C23H22F2N4O3S/c1-2-19(33(26,31)32)15-8-9-18(24)20(21(15)25)22(30)17-12-28-23-16(17)10-14(11-27-23)29-13-6-4-3-5-7-13/h3-12,19,22,29-30H,2H2,1H3,(H,27,28)(H2,26,31,32). The molecule has 0 aliphatic heterocycles. The van der Waals surface area contributed by atoms with Crippen molar-refractivity contribution in [3.63, 3.8) is 0 Å². The van der Waals surface area contributed by atoms with Crippen LogP contribution in [0.25, 0.3) is 11.0 Å². The van der Waals surface area contributed by atoms with Crippen molar-refractivity contribution in [2.45, 2.75) is 24.7 Å². The number of pyridine rings is 1. The number of primary sulfonamides is 1. The maximum atomic E-state index is 15.4. The Morgan fingerprint density at radius 2 is 1.85 bits per heavy atom. The Morgan fingerprint density at radius 3 is 2.52 bits per heavy atom. The number of aliphatic hydroxyl groups is 1. The molecule has 0 saturated carbocycles. The second-order valence-corrected chi connectivity index (χ2v) is 9.36. The highest BCUT2D eigenvalue weighted by Gasteiger charge is 2.30. The quantitative estimate of drug-likeness (QED) is 0.318. The van der Waals surface area contributed by atoms with Crippen LogP contribution in [0, 0.1) is 11.6 Å². The highest BCUT2D eigenvalue weighted by molar-refractivity contribution is 7.89. The summed E-state index contributed by atoms with van der Waals surface area (Å²) in [6.07, 6.45) is 1.27. The third-order valence-electron chi connectivity index (χ3n) is 5.46. The molecule has 0 aliphatic rings. The van der Waals surface area contributed by atoms with E-state index in [1.54, 1.807) is 12.3 Å². The molecule has 0 spiro atoms. The zero-order chi connectivity index (χ0) is 23.8. The van der Waals surface area contributed by atoms with Gasteiger partial charge in [-0.3, -0.25) is 0 Å². The molecule has 172 valence electrons. The number of H-pyrrole nitrogens is 1. The zero-order valence-electron chi connectivity index (χ0n) is 17.6. The number of aromatic nitrogens is 2. The maximum absolute atomic E-state index is 15.4. The van der Waals surface area contributed by atoms with Gasteiger partial charge in [0.05, 0.1) is 17.4 Å². The third kappa shape index (κ3) is 4.45. The summed E-state index contributed by atoms with van der Waals surface area (Å²) in [5.41, 5.74) is 1.08. The molecule has 0 radical (unpaired) electrons. The largest absolute Gasteiger partial charge is 0.383 e. The van der Waals surface area contributed by atoms with Gasteiger partial charge in [0.1, 0.15) is 28.6 Å². The van der Waals surface area contributed by atoms with Gasteiger partial charge in [0.15, 0.2) is 0 Å². The topological polar surface area (TPSA) is 121 Å². The Hall–Kier alpha value is -3.34. The van der Waals surface area contributed by atoms with Crippen LogP contribution in [0.4, 0.5) is 20.2 Å². The second-order valence-electron chi connectivity index (χ2n) is 7.61. The zero-order valence-corrected chi connectivity index (χ0v) is 18.4. The molecular weight excluding hydrogens is 450 g/mol. The Morgan fingerprint density at radius 1 is 1.12 bits per heavy atom. The lowest BCUT2D eigenvalue weighted by molar-refractivity contribution is 0.210. The highest BCUT2D eigenvalue weighted by atomic mass is 32.2. The third-order valence-corrected chi connectivity index (χ3v) is 6.84. The lowest BCUT2D eigenvalue weighted by atomic mass is 9.96. The Balaban J connectivity index is 1.78. The van der Waals surface area contributed by atoms with Crippen LogP contribution in [0.3, 0.4) is 0 Å². The van der Waals surface area contributed by atoms with Gasteiger partial charge in [-0.1, -0.05) is 31.2 Å². The average Bonchev–Trinajstić information content (AvgIpc) is 3.19. The lowest BCUT2D eigenvalue weighted by Gasteiger charge is -2.19. The van der Waals surface area contributed by atoms with Gasteiger partial charge in [-0.25, -0.2) is 27.3 Å². The van der Waals surface area contributed by atoms with Gasteiger partial charge in [-0.2, -0.15) is 0 Å². The SMILES string of the molecule is CCC(c1ccc(F)c(C(O)c2c[nH]c3ncc(Nc4ccccc4)cc23)c1F)S(N)(=O)=O. The smallest absolute Gasteiger partial charge is 0.216 e. The molecule has 4 rings (SSSR count). The summed E-state index contributed by atoms with van der Waals surface area (Å²) in [5, 5.41) is 18.5. The number of nitrogens with zero attached hydrogens (tertiary/aromatic N) is 1. The Kier molecular flexibility index (Phi) is 6.15. The van der Waals surface area contributed by atoms with E-state index in [-0.39, 0.29) is 17.5 Å². The number of para-hydroxylation sites is 1. The van der Waals surface area contributed by atoms with E-state index in [4.69, 9.17) is 5.14 Å². The molecular formula is C23H22F2N4O3S. The molecule has 2 unspecified atom stereocenters. The van der Waals surface area contributed by atoms with Crippen LogP contribution in [0.2, 0.25) is 0 Å². The molecule has 7 nitrogen and oxygen atoms in total. The number of rotatable bonds is 7. The lowest BCUT2D eigenvalue weighted by Crippen LogP contribution is -2.23. The van der Waals surface area contributed by atoms with Crippen molar-refractivity contribution in [2.24, 2.45) is 5.14 Å². The first-order chi connectivity index (χ1) is 15.7. The van der Waals surface area contributed by atoms with Crippen molar-refractivity contribution in [2.75, 3.05) is 5.32 Å². The molecule has 33 heavy (non-hydrogen) atoms. The van der Waals surface area contributed by atoms with Gasteiger partial charge in [-0.15, -0.1) is 0 Å². The summed E-state index contributed by atoms with van der Waals surface area (Å²) >= 11 is 0. The van der Waals surface area contributed by atoms with Gasteiger partial charge in [0.2, 0.25) is 10.0 Å². The first kappa shape index (κ1) is 22.8. The van der Waals surface area contributed by atoms with Crippen molar-refractivity contribution in [3.8, 4) is 0 Å². The van der Waals surface area contributed by atoms with Crippen LogP contribution in [-0.2, 0) is 10.0 Å². The summed E-state index contributed by atoms with van der Waals surface area (Å²) in [7, 11) is -4.14. The second kappa shape index (κ2) is 8.89. The molecule has 2 atom stereocenters. The van der Waals surface area contributed by atoms with Gasteiger partial charge in [-0.05, 0) is 30.7 Å². The van der Waals surface area contributed by atoms with Crippen LogP contribution in [0.15, 0.2) is 60.9 Å². The first-order valence-corrected chi connectivity index (χ1v) is 11.8. The van der Waals surface area contributed by atoms with E-state index in [9.17, 15) is 17.9 Å². The van der Waals surface area contributed by atoms with Crippen LogP contribution in [0.1, 0.15) is 41.4 Å². The van der Waals surface area contributed by atoms with Gasteiger partial charge in [0.25, 0.3) is 0 Å². The van der Waals surface area contributed by atoms with E-state index in [1.165, 1.54) is 13.1 Å². The minimum absolute atomic E-state index is 0.0115. The maximum Gasteiger partial charge on any atom is 0.216 e. The van der Waals surface area contributed by atoms with Crippen LogP contribution in [-0.4, -0.2) is 23.5 Å². The minimum Gasteiger partial charge on any atom is -0.383 e. The van der Waals surface area contributed by atoms with Crippen molar-refractivity contribution < 1.29 is 22.3 Å². The van der Waals surface area contributed by atoms with E-state index >= 15 is 4.39 Å².